The highest BCUT2D eigenvalue weighted by Gasteiger charge is 2.75. The molecule has 0 amide bonds. The van der Waals surface area contributed by atoms with Crippen molar-refractivity contribution in [1.29, 1.82) is 0 Å². The summed E-state index contributed by atoms with van der Waals surface area (Å²) in [6.45, 7) is 67.1. The number of hydrogen-bond donors (Lipinski definition) is 0. The van der Waals surface area contributed by atoms with Gasteiger partial charge in [-0.05, 0) is 0 Å². The second-order valence-corrected chi connectivity index (χ2v) is 135. The molecule has 37 heavy (non-hydrogen) atoms. The fourth-order valence-corrected chi connectivity index (χ4v) is 420. The predicted octanol–water partition coefficient (Wildman–Crippen LogP) is 10.7. The van der Waals surface area contributed by atoms with Gasteiger partial charge in [-0.2, -0.15) is 0 Å². The Morgan fingerprint density at radius 1 is 0.243 bits per heavy atom. The highest BCUT2D eigenvalue weighted by Crippen LogP contribution is 2.52. The monoisotopic (exact) mass is 696 g/mol. The topological polar surface area (TPSA) is 0 Å². The average molecular weight is 698 g/mol. The van der Waals surface area contributed by atoms with E-state index in [4.69, 9.17) is 0 Å². The molecule has 0 aliphatic carbocycles. The molecule has 0 N–H and O–H groups in total. The van der Waals surface area contributed by atoms with Gasteiger partial charge < -0.3 is 0 Å². The molecule has 0 spiro atoms. The molecule has 0 saturated heterocycles. The van der Waals surface area contributed by atoms with E-state index < -0.39 is 81.1 Å². The van der Waals surface area contributed by atoms with Crippen molar-refractivity contribution in [2.24, 2.45) is 0 Å². The molecule has 0 heterocycles. The molecule has 0 nitrogen and oxygen atoms in total. The fourth-order valence-electron chi connectivity index (χ4n) is 10.9. The molecule has 0 fully saturated rings. The second kappa shape index (κ2) is 10.8. The maximum absolute atomic E-state index is 3.11. The largest absolute Gasteiger partial charge is 0.0737 e. The Kier molecular flexibility index (Phi) is 11.5. The molecule has 0 atom stereocenters. The van der Waals surface area contributed by atoms with Gasteiger partial charge in [-0.15, -0.1) is 0 Å². The van der Waals surface area contributed by atoms with Crippen molar-refractivity contribution in [1.82, 2.24) is 0 Å². The zero-order valence-electron chi connectivity index (χ0n) is 30.9. The Morgan fingerprint density at radius 2 is 0.405 bits per heavy atom. The van der Waals surface area contributed by atoms with Gasteiger partial charge in [0.1, 0.15) is 0 Å². The Bertz CT molecular complexity index is 693. The van der Waals surface area contributed by atoms with Gasteiger partial charge in [0.25, 0.3) is 0 Å². The molecular formula is C26H76Si11. The molecule has 224 valence electrons. The lowest BCUT2D eigenvalue weighted by Gasteiger charge is -2.71. The summed E-state index contributed by atoms with van der Waals surface area (Å²) in [7, 11) is -12.0. The quantitative estimate of drug-likeness (QED) is 0.178. The Hall–Kier alpha value is 2.39. The van der Waals surface area contributed by atoms with Crippen LogP contribution in [0.3, 0.4) is 0 Å². The minimum Gasteiger partial charge on any atom is -0.0737 e. The lowest BCUT2D eigenvalue weighted by molar-refractivity contribution is 1.57. The van der Waals surface area contributed by atoms with Crippen molar-refractivity contribution in [3.8, 4) is 0 Å². The zero-order chi connectivity index (χ0) is 30.9. The molecule has 0 bridgehead atoms. The Morgan fingerprint density at radius 3 is 0.514 bits per heavy atom. The van der Waals surface area contributed by atoms with Crippen LogP contribution in [0.1, 0.15) is 0 Å². The van der Waals surface area contributed by atoms with Gasteiger partial charge >= 0.3 is 0 Å². The van der Waals surface area contributed by atoms with Crippen molar-refractivity contribution in [3.63, 3.8) is 0 Å². The van der Waals surface area contributed by atoms with Gasteiger partial charge in [0.05, 0.1) is 0 Å². The van der Waals surface area contributed by atoms with Crippen LogP contribution in [0.4, 0.5) is 0 Å². The maximum atomic E-state index is 3.11. The molecular weight excluding hydrogens is 621 g/mol. The zero-order valence-corrected chi connectivity index (χ0v) is 41.9. The van der Waals surface area contributed by atoms with Crippen molar-refractivity contribution in [2.75, 3.05) is 0 Å². The number of hydrogen-bond acceptors (Lipinski definition) is 0. The fraction of sp³-hybridized carbons (Fsp3) is 1.00. The van der Waals surface area contributed by atoms with Crippen LogP contribution in [0.5, 0.6) is 0 Å². The summed E-state index contributed by atoms with van der Waals surface area (Å²) in [5.41, 5.74) is 3.54. The van der Waals surface area contributed by atoms with E-state index in [0.29, 0.717) is 0 Å². The third kappa shape index (κ3) is 6.81. The summed E-state index contributed by atoms with van der Waals surface area (Å²) in [5.74, 6) is 0. The van der Waals surface area contributed by atoms with Gasteiger partial charge in [-0.1, -0.05) is 168 Å². The van der Waals surface area contributed by atoms with E-state index in [1.165, 1.54) is 0 Å². The van der Waals surface area contributed by atoms with E-state index in [0.717, 1.165) is 0 Å². The molecule has 0 aliphatic rings. The highest BCUT2D eigenvalue weighted by molar-refractivity contribution is 8.12. The third-order valence-electron chi connectivity index (χ3n) is 12.0. The maximum Gasteiger partial charge on any atom is 0.0410 e. The summed E-state index contributed by atoms with van der Waals surface area (Å²) in [6, 6.07) is 0. The molecule has 0 rings (SSSR count). The van der Waals surface area contributed by atoms with Crippen molar-refractivity contribution in [2.45, 2.75) is 168 Å². The molecule has 0 aliphatic heterocycles. The van der Waals surface area contributed by atoms with Gasteiger partial charge in [0.15, 0.2) is 0 Å². The van der Waals surface area contributed by atoms with Crippen LogP contribution in [-0.2, 0) is 0 Å². The van der Waals surface area contributed by atoms with Crippen LogP contribution in [0.15, 0.2) is 0 Å². The molecule has 0 unspecified atom stereocenters. The Labute approximate surface area is 247 Å². The van der Waals surface area contributed by atoms with Crippen LogP contribution < -0.4 is 0 Å². The minimum atomic E-state index is -1.48. The summed E-state index contributed by atoms with van der Waals surface area (Å²) in [4.78, 5) is 0. The first kappa shape index (κ1) is 39.4. The molecule has 0 saturated carbocycles. The van der Waals surface area contributed by atoms with E-state index in [-0.39, 0.29) is 0 Å². The standard InChI is InChI=1S/C26H76Si11/c1-27(2,3)25-36(29(7,8)9,30(10,11)12)34(21,22)33(19,20)35(23,24)37(31(13,14)15,32(16,17)18)26-28(4,5)6/h25-26H2,1-24H3. The number of rotatable bonds is 12. The predicted molar refractivity (Wildman–Crippen MR) is 214 cm³/mol. The molecule has 0 aromatic heterocycles. The van der Waals surface area contributed by atoms with Crippen molar-refractivity contribution in [3.05, 3.63) is 0 Å². The van der Waals surface area contributed by atoms with Gasteiger partial charge in [-0.25, -0.2) is 0 Å². The van der Waals surface area contributed by atoms with Gasteiger partial charge in [-0.3, -0.25) is 0 Å². The summed E-state index contributed by atoms with van der Waals surface area (Å²) in [5, 5.41) is 0. The van der Waals surface area contributed by atoms with E-state index >= 15 is 0 Å². The van der Waals surface area contributed by atoms with Gasteiger partial charge in [0, 0.05) is 81.1 Å². The van der Waals surface area contributed by atoms with E-state index in [1.54, 1.807) is 11.3 Å². The molecule has 0 aromatic rings. The van der Waals surface area contributed by atoms with E-state index in [1.807, 2.05) is 0 Å². The Balaban J connectivity index is 8.11. The first-order valence-corrected chi connectivity index (χ1v) is 58.2. The van der Waals surface area contributed by atoms with Crippen molar-refractivity contribution >= 4 is 81.1 Å². The average Bonchev–Trinajstić information content (AvgIpc) is 2.50. The normalized spacial score (nSPS) is 16.9. The van der Waals surface area contributed by atoms with Crippen molar-refractivity contribution < 1.29 is 0 Å². The lowest BCUT2D eigenvalue weighted by atomic mass is 11.7. The molecule has 0 radical (unpaired) electrons. The SMILES string of the molecule is C[Si](C)(C)C[Si]([Si](C)(C)C)([Si](C)(C)C)[Si](C)(C)[Si](C)(C)[Si](C)(C)[Si](C[Si](C)(C)C)([Si](C)(C)C)[Si](C)(C)C. The lowest BCUT2D eigenvalue weighted by Crippen LogP contribution is -2.99. The van der Waals surface area contributed by atoms with Crippen LogP contribution in [-0.4, -0.2) is 81.1 Å². The summed E-state index contributed by atoms with van der Waals surface area (Å²) in [6.07, 6.45) is 0. The molecule has 0 aromatic carbocycles. The summed E-state index contributed by atoms with van der Waals surface area (Å²) >= 11 is 0. The molecule has 11 heteroatoms. The third-order valence-corrected chi connectivity index (χ3v) is 237. The first-order valence-electron chi connectivity index (χ1n) is 15.4. The van der Waals surface area contributed by atoms with Crippen LogP contribution >= 0.6 is 0 Å². The van der Waals surface area contributed by atoms with Crippen LogP contribution in [0.25, 0.3) is 0 Å². The summed E-state index contributed by atoms with van der Waals surface area (Å²) < 4.78 is 0. The van der Waals surface area contributed by atoms with Crippen LogP contribution in [0, 0.1) is 0 Å². The highest BCUT2D eigenvalue weighted by atomic mass is 30.2. The minimum absolute atomic E-state index is 1.18. The van der Waals surface area contributed by atoms with Gasteiger partial charge in [0.2, 0.25) is 0 Å². The van der Waals surface area contributed by atoms with Crippen LogP contribution in [0.2, 0.25) is 168 Å². The first-order chi connectivity index (χ1) is 15.4. The van der Waals surface area contributed by atoms with E-state index in [2.05, 4.69) is 157 Å². The smallest absolute Gasteiger partial charge is 0.0410 e. The van der Waals surface area contributed by atoms with E-state index in [9.17, 15) is 0 Å². The second-order valence-electron chi connectivity index (χ2n) is 21.2.